The van der Waals surface area contributed by atoms with Crippen LogP contribution in [0.3, 0.4) is 0 Å². The molecule has 2 aliphatic carbocycles. The summed E-state index contributed by atoms with van der Waals surface area (Å²) >= 11 is 0. The number of halogens is 1. The molecule has 42 heavy (non-hydrogen) atoms. The number of ether oxygens (including phenoxy) is 5. The highest BCUT2D eigenvalue weighted by Gasteiger charge is 2.48. The van der Waals surface area contributed by atoms with Crippen LogP contribution < -0.4 is 4.74 Å². The molecule has 5 aliphatic rings. The molecule has 5 fully saturated rings. The highest BCUT2D eigenvalue weighted by Crippen LogP contribution is 2.46. The van der Waals surface area contributed by atoms with E-state index in [1.54, 1.807) is 11.0 Å². The van der Waals surface area contributed by atoms with Crippen molar-refractivity contribution in [2.45, 2.75) is 109 Å². The molecule has 0 aromatic carbocycles. The molecule has 10 heteroatoms. The van der Waals surface area contributed by atoms with E-state index in [-0.39, 0.29) is 30.8 Å². The lowest BCUT2D eigenvalue weighted by Crippen LogP contribution is -2.61. The summed E-state index contributed by atoms with van der Waals surface area (Å²) in [6.07, 6.45) is 9.99. The number of rotatable bonds is 10. The average Bonchev–Trinajstić information content (AvgIpc) is 3.77. The van der Waals surface area contributed by atoms with Gasteiger partial charge in [0.25, 0.3) is 0 Å². The monoisotopic (exact) mass is 585 g/mol. The Morgan fingerprint density at radius 3 is 2.57 bits per heavy atom. The maximum atomic E-state index is 15.3. The molecule has 3 saturated heterocycles. The van der Waals surface area contributed by atoms with E-state index in [4.69, 9.17) is 28.7 Å². The number of fused-ring (bicyclic) bond motifs is 4. The van der Waals surface area contributed by atoms with Crippen LogP contribution in [-0.2, 0) is 25.4 Å². The third-order valence-corrected chi connectivity index (χ3v) is 9.16. The van der Waals surface area contributed by atoms with Gasteiger partial charge in [-0.15, -0.1) is 0 Å². The largest absolute Gasteiger partial charge is 0.477 e. The highest BCUT2D eigenvalue weighted by molar-refractivity contribution is 5.78. The van der Waals surface area contributed by atoms with Gasteiger partial charge in [0, 0.05) is 30.2 Å². The lowest BCUT2D eigenvalue weighted by atomic mass is 9.77. The topological polar surface area (TPSA) is 92.2 Å². The Bertz CT molecular complexity index is 1250. The smallest absolute Gasteiger partial charge is 0.410 e. The summed E-state index contributed by atoms with van der Waals surface area (Å²) in [6.45, 7) is 8.17. The number of pyridine rings is 2. The first-order valence-electron chi connectivity index (χ1n) is 15.6. The van der Waals surface area contributed by atoms with E-state index in [0.29, 0.717) is 42.3 Å². The zero-order valence-electron chi connectivity index (χ0n) is 25.2. The Kier molecular flexibility index (Phi) is 8.32. The molecule has 230 valence electrons. The second-order valence-corrected chi connectivity index (χ2v) is 13.6. The molecular formula is C32H44FN3O6. The third-order valence-electron chi connectivity index (χ3n) is 9.16. The first-order valence-corrected chi connectivity index (χ1v) is 15.6. The lowest BCUT2D eigenvalue weighted by Gasteiger charge is -2.52. The molecule has 1 atom stereocenters. The van der Waals surface area contributed by atoms with Gasteiger partial charge < -0.3 is 23.7 Å². The first kappa shape index (κ1) is 29.5. The first-order chi connectivity index (χ1) is 20.1. The summed E-state index contributed by atoms with van der Waals surface area (Å²) in [6, 6.07) is 3.59. The van der Waals surface area contributed by atoms with Crippen molar-refractivity contribution in [1.82, 2.24) is 14.9 Å². The van der Waals surface area contributed by atoms with Gasteiger partial charge in [0.1, 0.15) is 11.4 Å². The van der Waals surface area contributed by atoms with Gasteiger partial charge in [-0.1, -0.05) is 0 Å². The predicted octanol–water partition coefficient (Wildman–Crippen LogP) is 5.96. The average molecular weight is 586 g/mol. The molecule has 2 saturated carbocycles. The van der Waals surface area contributed by atoms with Gasteiger partial charge in [-0.3, -0.25) is 9.88 Å². The minimum atomic E-state index is -0.644. The molecule has 0 N–H and O–H groups in total. The van der Waals surface area contributed by atoms with E-state index in [2.05, 4.69) is 4.98 Å². The maximum absolute atomic E-state index is 15.3. The molecule has 3 aliphatic heterocycles. The number of hydrogen-bond donors (Lipinski definition) is 0. The number of carbonyl (C=O) groups is 1. The van der Waals surface area contributed by atoms with E-state index >= 15 is 4.39 Å². The van der Waals surface area contributed by atoms with Crippen molar-refractivity contribution >= 4 is 17.1 Å². The van der Waals surface area contributed by atoms with Crippen molar-refractivity contribution in [3.63, 3.8) is 0 Å². The van der Waals surface area contributed by atoms with E-state index in [0.717, 1.165) is 64.4 Å². The SMILES string of the molecule is CC(C)(C)OC(=O)N(CCc1c(F)cnc2ccc(OCC3(COC4CCCCO4)CC3)nc12)C12CCC(CC1)OC2. The van der Waals surface area contributed by atoms with Crippen LogP contribution in [0.1, 0.15) is 84.1 Å². The highest BCUT2D eigenvalue weighted by atomic mass is 19.1. The molecule has 2 aromatic heterocycles. The number of aromatic nitrogens is 2. The molecular weight excluding hydrogens is 541 g/mol. The number of hydrogen-bond acceptors (Lipinski definition) is 8. The van der Waals surface area contributed by atoms with Gasteiger partial charge in [0.05, 0.1) is 48.7 Å². The van der Waals surface area contributed by atoms with Gasteiger partial charge in [-0.05, 0) is 91.0 Å². The van der Waals surface area contributed by atoms with E-state index in [1.165, 1.54) is 6.20 Å². The third kappa shape index (κ3) is 6.65. The Morgan fingerprint density at radius 1 is 1.10 bits per heavy atom. The predicted molar refractivity (Wildman–Crippen MR) is 154 cm³/mol. The standard InChI is InChI=1S/C32H44FN3O6/c1-30(2,3)42-29(37)36(32-12-9-22(10-13-32)39-21-32)16-11-23-24(33)18-34-25-7-8-26(35-28(23)25)40-19-31(14-15-31)20-41-27-6-4-5-17-38-27/h7-8,18,22,27H,4-6,9-17,19-21H2,1-3H3. The van der Waals surface area contributed by atoms with Crippen molar-refractivity contribution in [2.75, 3.05) is 33.0 Å². The fraction of sp³-hybridized carbons (Fsp3) is 0.719. The van der Waals surface area contributed by atoms with Crippen LogP contribution >= 0.6 is 0 Å². The Hall–Kier alpha value is -2.56. The Morgan fingerprint density at radius 2 is 1.90 bits per heavy atom. The Labute approximate surface area is 247 Å². The van der Waals surface area contributed by atoms with E-state index in [9.17, 15) is 4.79 Å². The molecule has 1 unspecified atom stereocenters. The summed E-state index contributed by atoms with van der Waals surface area (Å²) in [5, 5.41) is 0. The van der Waals surface area contributed by atoms with Crippen LogP contribution in [0.25, 0.3) is 11.0 Å². The van der Waals surface area contributed by atoms with Crippen molar-refractivity contribution in [2.24, 2.45) is 5.41 Å². The molecule has 0 spiro atoms. The lowest BCUT2D eigenvalue weighted by molar-refractivity contribution is -0.172. The fourth-order valence-electron chi connectivity index (χ4n) is 6.37. The summed E-state index contributed by atoms with van der Waals surface area (Å²) in [4.78, 5) is 24.3. The van der Waals surface area contributed by atoms with Crippen LogP contribution in [0.2, 0.25) is 0 Å². The van der Waals surface area contributed by atoms with E-state index < -0.39 is 23.1 Å². The number of amides is 1. The zero-order chi connectivity index (χ0) is 29.4. The number of nitrogens with zero attached hydrogens (tertiary/aromatic N) is 3. The fourth-order valence-corrected chi connectivity index (χ4v) is 6.37. The van der Waals surface area contributed by atoms with Gasteiger partial charge in [0.2, 0.25) is 5.88 Å². The second kappa shape index (κ2) is 11.8. The van der Waals surface area contributed by atoms with Crippen molar-refractivity contribution < 1.29 is 32.9 Å². The molecule has 1 amide bonds. The maximum Gasteiger partial charge on any atom is 0.410 e. The van der Waals surface area contributed by atoms with Crippen LogP contribution in [0.5, 0.6) is 5.88 Å². The molecule has 2 bridgehead atoms. The van der Waals surface area contributed by atoms with Crippen LogP contribution in [-0.4, -0.2) is 77.5 Å². The molecule has 9 nitrogen and oxygen atoms in total. The summed E-state index contributed by atoms with van der Waals surface area (Å²) < 4.78 is 45.1. The van der Waals surface area contributed by atoms with Crippen LogP contribution in [0.15, 0.2) is 18.3 Å². The summed E-state index contributed by atoms with van der Waals surface area (Å²) in [7, 11) is 0. The molecule has 5 heterocycles. The number of carbonyl (C=O) groups excluding carboxylic acids is 1. The van der Waals surface area contributed by atoms with Crippen molar-refractivity contribution in [1.29, 1.82) is 0 Å². The molecule has 7 rings (SSSR count). The van der Waals surface area contributed by atoms with Crippen LogP contribution in [0, 0.1) is 11.2 Å². The Balaban J connectivity index is 1.17. The van der Waals surface area contributed by atoms with Gasteiger partial charge >= 0.3 is 6.09 Å². The van der Waals surface area contributed by atoms with Gasteiger partial charge in [-0.25, -0.2) is 14.2 Å². The zero-order valence-corrected chi connectivity index (χ0v) is 25.2. The second-order valence-electron chi connectivity index (χ2n) is 13.6. The quantitative estimate of drug-likeness (QED) is 0.337. The molecule has 2 aromatic rings. The van der Waals surface area contributed by atoms with Crippen molar-refractivity contribution in [3.8, 4) is 5.88 Å². The van der Waals surface area contributed by atoms with Gasteiger partial charge in [0.15, 0.2) is 6.29 Å². The minimum Gasteiger partial charge on any atom is -0.477 e. The minimum absolute atomic E-state index is 0.0330. The summed E-state index contributed by atoms with van der Waals surface area (Å²) in [5.41, 5.74) is 0.334. The van der Waals surface area contributed by atoms with Gasteiger partial charge in [-0.2, -0.15) is 0 Å². The van der Waals surface area contributed by atoms with E-state index in [1.807, 2.05) is 26.8 Å². The summed E-state index contributed by atoms with van der Waals surface area (Å²) in [5.74, 6) is -0.0186. The molecule has 0 radical (unpaired) electrons. The normalized spacial score (nSPS) is 26.7. The van der Waals surface area contributed by atoms with Crippen LogP contribution in [0.4, 0.5) is 9.18 Å². The van der Waals surface area contributed by atoms with Crippen molar-refractivity contribution in [3.05, 3.63) is 29.7 Å².